The van der Waals surface area contributed by atoms with Crippen LogP contribution in [0.4, 0.5) is 0 Å². The van der Waals surface area contributed by atoms with Gasteiger partial charge < -0.3 is 9.47 Å². The second-order valence-electron chi connectivity index (χ2n) is 9.87. The molecule has 2 aliphatic rings. The Labute approximate surface area is 211 Å². The molecule has 0 atom stereocenters. The van der Waals surface area contributed by atoms with E-state index in [1.54, 1.807) is 0 Å². The van der Waals surface area contributed by atoms with Crippen LogP contribution >= 0.6 is 0 Å². The highest BCUT2D eigenvalue weighted by molar-refractivity contribution is 5.86. The van der Waals surface area contributed by atoms with Gasteiger partial charge in [-0.1, -0.05) is 84.9 Å². The first-order chi connectivity index (χ1) is 17.8. The molecule has 0 bridgehead atoms. The average molecular weight is 473 g/mol. The van der Waals surface area contributed by atoms with Crippen molar-refractivity contribution in [2.24, 2.45) is 0 Å². The van der Waals surface area contributed by atoms with E-state index < -0.39 is 0 Å². The molecular formula is C32H28N2O2. The molecule has 0 fully saturated rings. The van der Waals surface area contributed by atoms with Crippen molar-refractivity contribution in [3.8, 4) is 11.5 Å². The lowest BCUT2D eigenvalue weighted by molar-refractivity contribution is 0.0788. The van der Waals surface area contributed by atoms with Crippen molar-refractivity contribution >= 4 is 21.5 Å². The third kappa shape index (κ3) is 3.98. The minimum Gasteiger partial charge on any atom is -0.478 e. The summed E-state index contributed by atoms with van der Waals surface area (Å²) < 4.78 is 12.5. The largest absolute Gasteiger partial charge is 0.478 e. The number of benzene rings is 5. The number of hydrogen-bond acceptors (Lipinski definition) is 4. The van der Waals surface area contributed by atoms with Gasteiger partial charge in [-0.15, -0.1) is 0 Å². The van der Waals surface area contributed by atoms with E-state index in [1.165, 1.54) is 43.8 Å². The van der Waals surface area contributed by atoms with Crippen LogP contribution in [0, 0.1) is 0 Å². The Morgan fingerprint density at radius 3 is 1.47 bits per heavy atom. The maximum atomic E-state index is 6.25. The fourth-order valence-electron chi connectivity index (χ4n) is 5.60. The zero-order valence-corrected chi connectivity index (χ0v) is 20.2. The molecule has 0 aromatic heterocycles. The van der Waals surface area contributed by atoms with E-state index in [1.807, 2.05) is 0 Å². The standard InChI is InChI=1S/C32H28N2O2/c1-3-13-29-23(7-1)9-5-11-25(29)17-33-19-27-15-32-28(16-31(27)35-21-33)20-34(22-36-32)18-26-12-6-10-24-8-2-4-14-30(24)26/h1-16H,17-22H2. The van der Waals surface area contributed by atoms with E-state index in [2.05, 4.69) is 107 Å². The van der Waals surface area contributed by atoms with Crippen molar-refractivity contribution in [1.29, 1.82) is 0 Å². The maximum Gasteiger partial charge on any atom is 0.142 e. The Hall–Kier alpha value is -3.86. The Morgan fingerprint density at radius 1 is 0.528 bits per heavy atom. The molecule has 178 valence electrons. The van der Waals surface area contributed by atoms with Crippen LogP contribution in [0.2, 0.25) is 0 Å². The van der Waals surface area contributed by atoms with Gasteiger partial charge in [-0.3, -0.25) is 9.80 Å². The van der Waals surface area contributed by atoms with Gasteiger partial charge in [0.15, 0.2) is 0 Å². The van der Waals surface area contributed by atoms with Crippen molar-refractivity contribution in [2.75, 3.05) is 13.5 Å². The lowest BCUT2D eigenvalue weighted by atomic mass is 10.0. The first kappa shape index (κ1) is 21.4. The molecule has 0 saturated carbocycles. The van der Waals surface area contributed by atoms with Gasteiger partial charge in [0.25, 0.3) is 0 Å². The molecular weight excluding hydrogens is 444 g/mol. The first-order valence-electron chi connectivity index (χ1n) is 12.6. The molecule has 0 spiro atoms. The van der Waals surface area contributed by atoms with Gasteiger partial charge in [-0.2, -0.15) is 0 Å². The van der Waals surface area contributed by atoms with E-state index in [0.29, 0.717) is 13.5 Å². The normalized spacial score (nSPS) is 15.8. The summed E-state index contributed by atoms with van der Waals surface area (Å²) in [6, 6.07) is 34.6. The average Bonchev–Trinajstić information content (AvgIpc) is 2.92. The Bertz CT molecular complexity index is 1450. The SMILES string of the molecule is c1ccc2c(CN3COc4cc5c(cc4C3)OCN(Cc3cccc4ccccc34)C5)cccc2c1. The lowest BCUT2D eigenvalue weighted by Gasteiger charge is -2.33. The summed E-state index contributed by atoms with van der Waals surface area (Å²) in [4.78, 5) is 4.71. The second-order valence-corrected chi connectivity index (χ2v) is 9.87. The summed E-state index contributed by atoms with van der Waals surface area (Å²) in [5.74, 6) is 1.97. The third-order valence-corrected chi connectivity index (χ3v) is 7.38. The van der Waals surface area contributed by atoms with Gasteiger partial charge in [0.2, 0.25) is 0 Å². The quantitative estimate of drug-likeness (QED) is 0.291. The molecule has 36 heavy (non-hydrogen) atoms. The number of nitrogens with zero attached hydrogens (tertiary/aromatic N) is 2. The molecule has 4 heteroatoms. The number of rotatable bonds is 4. The van der Waals surface area contributed by atoms with E-state index in [9.17, 15) is 0 Å². The van der Waals surface area contributed by atoms with Gasteiger partial charge in [0.1, 0.15) is 25.0 Å². The molecule has 0 saturated heterocycles. The van der Waals surface area contributed by atoms with Crippen LogP contribution < -0.4 is 9.47 Å². The first-order valence-corrected chi connectivity index (χ1v) is 12.6. The second kappa shape index (κ2) is 8.98. The predicted octanol–water partition coefficient (Wildman–Crippen LogP) is 6.70. The minimum atomic E-state index is 0.593. The van der Waals surface area contributed by atoms with E-state index in [4.69, 9.17) is 9.47 Å². The van der Waals surface area contributed by atoms with Crippen LogP contribution in [0.3, 0.4) is 0 Å². The van der Waals surface area contributed by atoms with Gasteiger partial charge in [-0.25, -0.2) is 0 Å². The van der Waals surface area contributed by atoms with Crippen molar-refractivity contribution in [3.63, 3.8) is 0 Å². The van der Waals surface area contributed by atoms with E-state index in [-0.39, 0.29) is 0 Å². The molecule has 7 rings (SSSR count). The molecule has 2 heterocycles. The fourth-order valence-corrected chi connectivity index (χ4v) is 5.60. The summed E-state index contributed by atoms with van der Waals surface area (Å²) in [7, 11) is 0. The highest BCUT2D eigenvalue weighted by Crippen LogP contribution is 2.36. The molecule has 5 aromatic carbocycles. The van der Waals surface area contributed by atoms with Crippen LogP contribution in [-0.4, -0.2) is 23.3 Å². The van der Waals surface area contributed by atoms with Crippen molar-refractivity contribution in [1.82, 2.24) is 9.80 Å². The molecule has 0 radical (unpaired) electrons. The molecule has 5 aromatic rings. The zero-order valence-electron chi connectivity index (χ0n) is 20.2. The molecule has 4 nitrogen and oxygen atoms in total. The third-order valence-electron chi connectivity index (χ3n) is 7.38. The fraction of sp³-hybridized carbons (Fsp3) is 0.188. The van der Waals surface area contributed by atoms with Gasteiger partial charge in [-0.05, 0) is 44.8 Å². The van der Waals surface area contributed by atoms with Gasteiger partial charge in [0, 0.05) is 37.3 Å². The summed E-state index contributed by atoms with van der Waals surface area (Å²) in [5, 5.41) is 5.18. The summed E-state index contributed by atoms with van der Waals surface area (Å²) in [5.41, 5.74) is 5.06. The Kier molecular flexibility index (Phi) is 5.34. The van der Waals surface area contributed by atoms with Crippen LogP contribution in [0.25, 0.3) is 21.5 Å². The summed E-state index contributed by atoms with van der Waals surface area (Å²) >= 11 is 0. The van der Waals surface area contributed by atoms with Crippen LogP contribution in [0.15, 0.2) is 97.1 Å². The molecule has 0 aliphatic carbocycles. The summed E-state index contributed by atoms with van der Waals surface area (Å²) in [6.45, 7) is 4.62. The highest BCUT2D eigenvalue weighted by Gasteiger charge is 2.24. The monoisotopic (exact) mass is 472 g/mol. The highest BCUT2D eigenvalue weighted by atomic mass is 16.5. The van der Waals surface area contributed by atoms with Crippen LogP contribution in [0.5, 0.6) is 11.5 Å². The molecule has 2 aliphatic heterocycles. The molecule has 0 unspecified atom stereocenters. The molecule has 0 N–H and O–H groups in total. The Balaban J connectivity index is 1.08. The number of fused-ring (bicyclic) bond motifs is 4. The van der Waals surface area contributed by atoms with Gasteiger partial charge >= 0.3 is 0 Å². The topological polar surface area (TPSA) is 24.9 Å². The zero-order chi connectivity index (χ0) is 23.9. The summed E-state index contributed by atoms with van der Waals surface area (Å²) in [6.07, 6.45) is 0. The van der Waals surface area contributed by atoms with Crippen molar-refractivity contribution in [3.05, 3.63) is 119 Å². The van der Waals surface area contributed by atoms with E-state index in [0.717, 1.165) is 37.7 Å². The van der Waals surface area contributed by atoms with Crippen LogP contribution in [-0.2, 0) is 26.2 Å². The van der Waals surface area contributed by atoms with Gasteiger partial charge in [0.05, 0.1) is 0 Å². The predicted molar refractivity (Wildman–Crippen MR) is 144 cm³/mol. The van der Waals surface area contributed by atoms with Crippen molar-refractivity contribution < 1.29 is 9.47 Å². The smallest absolute Gasteiger partial charge is 0.142 e. The lowest BCUT2D eigenvalue weighted by Crippen LogP contribution is -2.34. The van der Waals surface area contributed by atoms with Crippen molar-refractivity contribution in [2.45, 2.75) is 26.2 Å². The number of hydrogen-bond donors (Lipinski definition) is 0. The molecule has 0 amide bonds. The number of ether oxygens (including phenoxy) is 2. The Morgan fingerprint density at radius 2 is 0.972 bits per heavy atom. The van der Waals surface area contributed by atoms with E-state index >= 15 is 0 Å². The van der Waals surface area contributed by atoms with Crippen LogP contribution in [0.1, 0.15) is 22.3 Å². The minimum absolute atomic E-state index is 0.593. The maximum absolute atomic E-state index is 6.25.